The van der Waals surface area contributed by atoms with E-state index in [9.17, 15) is 9.59 Å². The topological polar surface area (TPSA) is 77.1 Å². The molecule has 0 fully saturated rings. The summed E-state index contributed by atoms with van der Waals surface area (Å²) in [7, 11) is 0. The van der Waals surface area contributed by atoms with E-state index in [1.807, 2.05) is 26.0 Å². The molecule has 3 rings (SSSR count). The monoisotopic (exact) mass is 460 g/mol. The Kier molecular flexibility index (Phi) is 8.22. The Balaban J connectivity index is 1.95. The highest BCUT2D eigenvalue weighted by atomic mass is 35.5. The second-order valence-corrected chi connectivity index (χ2v) is 7.71. The van der Waals surface area contributed by atoms with Crippen LogP contribution in [0.25, 0.3) is 0 Å². The summed E-state index contributed by atoms with van der Waals surface area (Å²) in [6, 6.07) is 9.99. The van der Waals surface area contributed by atoms with E-state index in [2.05, 4.69) is 5.32 Å². The number of carbonyl (C=O) groups excluding carboxylic acids is 2. The van der Waals surface area contributed by atoms with Crippen molar-refractivity contribution in [3.63, 3.8) is 0 Å². The minimum atomic E-state index is -0.494. The molecule has 1 aliphatic heterocycles. The van der Waals surface area contributed by atoms with Crippen molar-refractivity contribution in [1.29, 1.82) is 0 Å². The molecule has 0 aliphatic carbocycles. The Hall–Kier alpha value is -2.93. The maximum atomic E-state index is 13.2. The predicted octanol–water partition coefficient (Wildman–Crippen LogP) is 5.22. The van der Waals surface area contributed by atoms with Crippen LogP contribution in [0.15, 0.2) is 36.4 Å². The van der Waals surface area contributed by atoms with Crippen LogP contribution >= 0.6 is 11.6 Å². The Morgan fingerprint density at radius 2 is 1.78 bits per heavy atom. The van der Waals surface area contributed by atoms with Gasteiger partial charge in [0.05, 0.1) is 32.3 Å². The third kappa shape index (κ3) is 5.65. The van der Waals surface area contributed by atoms with Crippen LogP contribution in [0, 0.1) is 0 Å². The molecule has 8 heteroatoms. The number of urea groups is 1. The lowest BCUT2D eigenvalue weighted by Crippen LogP contribution is -2.43. The fourth-order valence-electron chi connectivity index (χ4n) is 3.85. The number of nitrogens with one attached hydrogen (secondary N) is 1. The smallest absolute Gasteiger partial charge is 0.322 e. The summed E-state index contributed by atoms with van der Waals surface area (Å²) in [5.41, 5.74) is 2.47. The molecule has 1 aliphatic rings. The molecule has 0 spiro atoms. The number of benzene rings is 2. The lowest BCUT2D eigenvalue weighted by atomic mass is 9.90. The molecule has 0 saturated carbocycles. The van der Waals surface area contributed by atoms with Gasteiger partial charge in [0.25, 0.3) is 0 Å². The Morgan fingerprint density at radius 3 is 2.44 bits per heavy atom. The van der Waals surface area contributed by atoms with Crippen LogP contribution in [-0.2, 0) is 16.0 Å². The zero-order valence-corrected chi connectivity index (χ0v) is 19.4. The zero-order chi connectivity index (χ0) is 23.1. The summed E-state index contributed by atoms with van der Waals surface area (Å²) < 4.78 is 16.7. The normalized spacial score (nSPS) is 15.0. The van der Waals surface area contributed by atoms with Crippen molar-refractivity contribution in [3.05, 3.63) is 52.5 Å². The van der Waals surface area contributed by atoms with Gasteiger partial charge in [0.15, 0.2) is 11.5 Å². The first kappa shape index (κ1) is 23.7. The average molecular weight is 461 g/mol. The van der Waals surface area contributed by atoms with Gasteiger partial charge in [-0.15, -0.1) is 0 Å². The number of rotatable bonds is 8. The highest BCUT2D eigenvalue weighted by Gasteiger charge is 2.34. The van der Waals surface area contributed by atoms with Crippen LogP contribution in [0.4, 0.5) is 10.5 Å². The molecule has 32 heavy (non-hydrogen) atoms. The number of fused-ring (bicyclic) bond motifs is 1. The maximum Gasteiger partial charge on any atom is 0.322 e. The van der Waals surface area contributed by atoms with Crippen LogP contribution in [0.2, 0.25) is 5.02 Å². The number of carbonyl (C=O) groups is 2. The highest BCUT2D eigenvalue weighted by molar-refractivity contribution is 6.30. The van der Waals surface area contributed by atoms with Crippen LogP contribution in [0.1, 0.15) is 44.4 Å². The van der Waals surface area contributed by atoms with Gasteiger partial charge in [-0.2, -0.15) is 0 Å². The van der Waals surface area contributed by atoms with Gasteiger partial charge in [-0.1, -0.05) is 17.7 Å². The number of hydrogen-bond donors (Lipinski definition) is 1. The number of esters is 1. The number of nitrogens with zero attached hydrogens (tertiary/aromatic N) is 1. The van der Waals surface area contributed by atoms with E-state index in [4.69, 9.17) is 25.8 Å². The summed E-state index contributed by atoms with van der Waals surface area (Å²) in [5, 5.41) is 3.41. The Bertz CT molecular complexity index is 965. The molecule has 7 nitrogen and oxygen atoms in total. The van der Waals surface area contributed by atoms with Crippen molar-refractivity contribution in [1.82, 2.24) is 4.90 Å². The molecule has 0 bridgehead atoms. The molecule has 1 N–H and O–H groups in total. The van der Waals surface area contributed by atoms with Gasteiger partial charge >= 0.3 is 12.0 Å². The largest absolute Gasteiger partial charge is 0.490 e. The van der Waals surface area contributed by atoms with E-state index in [1.54, 1.807) is 36.1 Å². The van der Waals surface area contributed by atoms with Gasteiger partial charge in [0.1, 0.15) is 0 Å². The van der Waals surface area contributed by atoms with Gasteiger partial charge < -0.3 is 24.4 Å². The van der Waals surface area contributed by atoms with Crippen molar-refractivity contribution >= 4 is 29.3 Å². The predicted molar refractivity (Wildman–Crippen MR) is 124 cm³/mol. The maximum absolute atomic E-state index is 13.2. The van der Waals surface area contributed by atoms with Gasteiger partial charge in [-0.3, -0.25) is 4.79 Å². The Morgan fingerprint density at radius 1 is 1.06 bits per heavy atom. The second kappa shape index (κ2) is 11.1. The summed E-state index contributed by atoms with van der Waals surface area (Å²) in [5.74, 6) is 0.900. The van der Waals surface area contributed by atoms with E-state index in [1.165, 1.54) is 0 Å². The van der Waals surface area contributed by atoms with Crippen LogP contribution in [-0.4, -0.2) is 43.3 Å². The standard InChI is InChI=1S/C24H29ClN2O5/c1-4-30-21-12-16-10-11-27(24(29)26-18-9-7-8-17(25)13-18)20(15-23(28)32-6-3)19(16)14-22(21)31-5-2/h7-9,12-14,20H,4-6,10-11,15H2,1-3H3,(H,26,29)/t20-/m0/s1. The fourth-order valence-corrected chi connectivity index (χ4v) is 4.04. The first-order valence-corrected chi connectivity index (χ1v) is 11.3. The lowest BCUT2D eigenvalue weighted by molar-refractivity contribution is -0.144. The van der Waals surface area contributed by atoms with Crippen LogP contribution in [0.3, 0.4) is 0 Å². The fraction of sp³-hybridized carbons (Fsp3) is 0.417. The zero-order valence-electron chi connectivity index (χ0n) is 18.7. The molecule has 1 heterocycles. The lowest BCUT2D eigenvalue weighted by Gasteiger charge is -2.37. The third-order valence-corrected chi connectivity index (χ3v) is 5.40. The molecule has 2 aromatic carbocycles. The summed E-state index contributed by atoms with van der Waals surface area (Å²) in [4.78, 5) is 27.3. The number of hydrogen-bond acceptors (Lipinski definition) is 5. The van der Waals surface area contributed by atoms with Crippen molar-refractivity contribution in [2.75, 3.05) is 31.7 Å². The van der Waals surface area contributed by atoms with Gasteiger partial charge in [-0.25, -0.2) is 4.79 Å². The molecule has 0 saturated heterocycles. The average Bonchev–Trinajstić information content (AvgIpc) is 2.75. The van der Waals surface area contributed by atoms with E-state index in [0.717, 1.165) is 11.1 Å². The molecule has 1 atom stereocenters. The van der Waals surface area contributed by atoms with E-state index in [0.29, 0.717) is 48.4 Å². The molecule has 172 valence electrons. The van der Waals surface area contributed by atoms with Crippen molar-refractivity contribution in [3.8, 4) is 11.5 Å². The van der Waals surface area contributed by atoms with Gasteiger partial charge in [0.2, 0.25) is 0 Å². The quantitative estimate of drug-likeness (QED) is 0.546. The second-order valence-electron chi connectivity index (χ2n) is 7.27. The number of halogens is 1. The molecule has 2 aromatic rings. The van der Waals surface area contributed by atoms with Gasteiger partial charge in [-0.05, 0) is 68.7 Å². The highest BCUT2D eigenvalue weighted by Crippen LogP contribution is 2.40. The minimum absolute atomic E-state index is 0.0450. The molecular weight excluding hydrogens is 432 g/mol. The third-order valence-electron chi connectivity index (χ3n) is 5.16. The first-order chi connectivity index (χ1) is 15.5. The van der Waals surface area contributed by atoms with Crippen molar-refractivity contribution in [2.24, 2.45) is 0 Å². The molecule has 2 amide bonds. The van der Waals surface area contributed by atoms with Crippen LogP contribution < -0.4 is 14.8 Å². The SMILES string of the molecule is CCOC(=O)C[C@H]1c2cc(OCC)c(OCC)cc2CCN1C(=O)Nc1cccc(Cl)c1. The molecule has 0 unspecified atom stereocenters. The van der Waals surface area contributed by atoms with Crippen LogP contribution in [0.5, 0.6) is 11.5 Å². The molecular formula is C24H29ClN2O5. The molecule has 0 radical (unpaired) electrons. The summed E-state index contributed by atoms with van der Waals surface area (Å²) in [6.45, 7) is 7.29. The van der Waals surface area contributed by atoms with E-state index in [-0.39, 0.29) is 25.0 Å². The van der Waals surface area contributed by atoms with Crippen molar-refractivity contribution < 1.29 is 23.8 Å². The van der Waals surface area contributed by atoms with E-state index >= 15 is 0 Å². The van der Waals surface area contributed by atoms with Crippen molar-refractivity contribution in [2.45, 2.75) is 39.7 Å². The molecule has 0 aromatic heterocycles. The van der Waals surface area contributed by atoms with Gasteiger partial charge in [0, 0.05) is 17.3 Å². The number of amides is 2. The number of anilines is 1. The summed E-state index contributed by atoms with van der Waals surface area (Å²) in [6.07, 6.45) is 0.674. The Labute approximate surface area is 193 Å². The number of ether oxygens (including phenoxy) is 3. The van der Waals surface area contributed by atoms with E-state index < -0.39 is 6.04 Å². The first-order valence-electron chi connectivity index (χ1n) is 10.9. The minimum Gasteiger partial charge on any atom is -0.490 e. The summed E-state index contributed by atoms with van der Waals surface area (Å²) >= 11 is 6.05.